The molecule has 1 aromatic heterocycles. The van der Waals surface area contributed by atoms with Crippen molar-refractivity contribution < 1.29 is 9.53 Å². The largest absolute Gasteiger partial charge is 0.495 e. The maximum absolute atomic E-state index is 12.6. The Hall–Kier alpha value is -2.02. The van der Waals surface area contributed by atoms with Gasteiger partial charge in [0.15, 0.2) is 5.16 Å². The van der Waals surface area contributed by atoms with E-state index in [4.69, 9.17) is 4.74 Å². The lowest BCUT2D eigenvalue weighted by Crippen LogP contribution is -2.40. The van der Waals surface area contributed by atoms with Crippen LogP contribution in [0.5, 0.6) is 5.75 Å². The highest BCUT2D eigenvalue weighted by atomic mass is 32.2. The average molecular weight is 346 g/mol. The molecule has 1 saturated heterocycles. The zero-order valence-corrected chi connectivity index (χ0v) is 14.8. The number of benzene rings is 1. The van der Waals surface area contributed by atoms with Crippen LogP contribution in [0.2, 0.25) is 0 Å². The highest BCUT2D eigenvalue weighted by molar-refractivity contribution is 8.00. The van der Waals surface area contributed by atoms with Gasteiger partial charge < -0.3 is 9.64 Å². The standard InChI is InChI=1S/C17H22N4O2S/c1-13(16(22)20-10-6-3-7-11-20)24-17-19-18-12-21(17)14-8-4-5-9-15(14)23-2/h4-5,8-9,12-13H,3,6-7,10-11H2,1-2H3. The van der Waals surface area contributed by atoms with Gasteiger partial charge in [-0.1, -0.05) is 23.9 Å². The molecule has 1 unspecified atom stereocenters. The van der Waals surface area contributed by atoms with Crippen molar-refractivity contribution in [2.75, 3.05) is 20.2 Å². The molecule has 2 aromatic rings. The van der Waals surface area contributed by atoms with E-state index in [1.165, 1.54) is 18.2 Å². The van der Waals surface area contributed by atoms with Gasteiger partial charge in [0.2, 0.25) is 5.91 Å². The third-order valence-electron chi connectivity index (χ3n) is 4.16. The van der Waals surface area contributed by atoms with E-state index in [0.717, 1.165) is 37.4 Å². The van der Waals surface area contributed by atoms with Gasteiger partial charge in [-0.3, -0.25) is 9.36 Å². The van der Waals surface area contributed by atoms with Crippen molar-refractivity contribution in [3.05, 3.63) is 30.6 Å². The summed E-state index contributed by atoms with van der Waals surface area (Å²) in [5.41, 5.74) is 0.866. The molecule has 128 valence electrons. The smallest absolute Gasteiger partial charge is 0.235 e. The number of carbonyl (C=O) groups is 1. The van der Waals surface area contributed by atoms with Gasteiger partial charge in [-0.2, -0.15) is 0 Å². The number of rotatable bonds is 5. The van der Waals surface area contributed by atoms with Crippen LogP contribution in [0.25, 0.3) is 5.69 Å². The Labute approximate surface area is 146 Å². The number of ether oxygens (including phenoxy) is 1. The van der Waals surface area contributed by atoms with Gasteiger partial charge in [-0.25, -0.2) is 0 Å². The number of likely N-dealkylation sites (tertiary alicyclic amines) is 1. The molecule has 0 aliphatic carbocycles. The first-order chi connectivity index (χ1) is 11.7. The van der Waals surface area contributed by atoms with E-state index in [1.54, 1.807) is 13.4 Å². The number of methoxy groups -OCH3 is 1. The van der Waals surface area contributed by atoms with Gasteiger partial charge in [0.05, 0.1) is 18.0 Å². The first-order valence-corrected chi connectivity index (χ1v) is 9.07. The quantitative estimate of drug-likeness (QED) is 0.779. The SMILES string of the molecule is COc1ccccc1-n1cnnc1SC(C)C(=O)N1CCCCC1. The predicted octanol–water partition coefficient (Wildman–Crippen LogP) is 2.77. The van der Waals surface area contributed by atoms with Crippen molar-refractivity contribution in [3.63, 3.8) is 0 Å². The summed E-state index contributed by atoms with van der Waals surface area (Å²) in [7, 11) is 1.64. The topological polar surface area (TPSA) is 60.2 Å². The summed E-state index contributed by atoms with van der Waals surface area (Å²) >= 11 is 1.44. The zero-order valence-electron chi connectivity index (χ0n) is 14.0. The Kier molecular flexibility index (Phi) is 5.40. The van der Waals surface area contributed by atoms with E-state index in [2.05, 4.69) is 10.2 Å². The first-order valence-electron chi connectivity index (χ1n) is 8.19. The number of piperidine rings is 1. The molecule has 1 amide bonds. The highest BCUT2D eigenvalue weighted by Gasteiger charge is 2.25. The minimum absolute atomic E-state index is 0.175. The molecular weight excluding hydrogens is 324 g/mol. The molecule has 1 atom stereocenters. The second-order valence-electron chi connectivity index (χ2n) is 5.80. The maximum Gasteiger partial charge on any atom is 0.235 e. The number of hydrogen-bond acceptors (Lipinski definition) is 5. The van der Waals surface area contributed by atoms with Crippen LogP contribution >= 0.6 is 11.8 Å². The summed E-state index contributed by atoms with van der Waals surface area (Å²) in [6.45, 7) is 3.66. The van der Waals surface area contributed by atoms with Crippen LogP contribution in [0.1, 0.15) is 26.2 Å². The van der Waals surface area contributed by atoms with Crippen LogP contribution in [0.3, 0.4) is 0 Å². The molecule has 1 fully saturated rings. The van der Waals surface area contributed by atoms with Crippen LogP contribution < -0.4 is 4.74 Å². The molecule has 0 N–H and O–H groups in total. The molecule has 2 heterocycles. The van der Waals surface area contributed by atoms with Gasteiger partial charge in [-0.05, 0) is 38.3 Å². The minimum Gasteiger partial charge on any atom is -0.495 e. The van der Waals surface area contributed by atoms with Gasteiger partial charge in [-0.15, -0.1) is 10.2 Å². The number of para-hydroxylation sites is 2. The Morgan fingerprint density at radius 1 is 1.25 bits per heavy atom. The number of aromatic nitrogens is 3. The molecular formula is C17H22N4O2S. The van der Waals surface area contributed by atoms with Crippen LogP contribution in [0.15, 0.2) is 35.7 Å². The summed E-state index contributed by atoms with van der Waals surface area (Å²) in [5.74, 6) is 0.920. The Morgan fingerprint density at radius 2 is 2.00 bits per heavy atom. The van der Waals surface area contributed by atoms with E-state index in [0.29, 0.717) is 5.16 Å². The molecule has 1 aliphatic rings. The van der Waals surface area contributed by atoms with E-state index >= 15 is 0 Å². The van der Waals surface area contributed by atoms with Gasteiger partial charge in [0.25, 0.3) is 0 Å². The normalized spacial score (nSPS) is 16.0. The van der Waals surface area contributed by atoms with Crippen LogP contribution in [0.4, 0.5) is 0 Å². The molecule has 0 spiro atoms. The molecule has 0 saturated carbocycles. The van der Waals surface area contributed by atoms with Crippen LogP contribution in [-0.2, 0) is 4.79 Å². The van der Waals surface area contributed by atoms with Gasteiger partial charge in [0, 0.05) is 13.1 Å². The second-order valence-corrected chi connectivity index (χ2v) is 7.11. The third-order valence-corrected chi connectivity index (χ3v) is 5.20. The Bertz CT molecular complexity index is 697. The summed E-state index contributed by atoms with van der Waals surface area (Å²) in [5, 5.41) is 8.69. The van der Waals surface area contributed by atoms with E-state index in [1.807, 2.05) is 40.7 Å². The summed E-state index contributed by atoms with van der Waals surface area (Å²) in [4.78, 5) is 14.6. The predicted molar refractivity (Wildman–Crippen MR) is 93.7 cm³/mol. The van der Waals surface area contributed by atoms with Crippen molar-refractivity contribution in [2.24, 2.45) is 0 Å². The zero-order chi connectivity index (χ0) is 16.9. The fraction of sp³-hybridized carbons (Fsp3) is 0.471. The monoisotopic (exact) mass is 346 g/mol. The van der Waals surface area contributed by atoms with Crippen LogP contribution in [-0.4, -0.2) is 51.0 Å². The van der Waals surface area contributed by atoms with Crippen molar-refractivity contribution in [1.82, 2.24) is 19.7 Å². The van der Waals surface area contributed by atoms with E-state index in [9.17, 15) is 4.79 Å². The molecule has 3 rings (SSSR count). The van der Waals surface area contributed by atoms with E-state index in [-0.39, 0.29) is 11.2 Å². The molecule has 7 heteroatoms. The number of hydrogen-bond donors (Lipinski definition) is 0. The summed E-state index contributed by atoms with van der Waals surface area (Å²) in [6, 6.07) is 7.70. The first kappa shape index (κ1) is 16.8. The van der Waals surface area contributed by atoms with Crippen molar-refractivity contribution >= 4 is 17.7 Å². The Balaban J connectivity index is 1.76. The third kappa shape index (κ3) is 3.56. The number of amides is 1. The van der Waals surface area contributed by atoms with Gasteiger partial charge >= 0.3 is 0 Å². The molecule has 0 radical (unpaired) electrons. The van der Waals surface area contributed by atoms with Gasteiger partial charge in [0.1, 0.15) is 12.1 Å². The Morgan fingerprint density at radius 3 is 2.75 bits per heavy atom. The lowest BCUT2D eigenvalue weighted by molar-refractivity contribution is -0.131. The molecule has 24 heavy (non-hydrogen) atoms. The van der Waals surface area contributed by atoms with Crippen molar-refractivity contribution in [2.45, 2.75) is 36.6 Å². The minimum atomic E-state index is -0.194. The molecule has 1 aliphatic heterocycles. The van der Waals surface area contributed by atoms with Crippen LogP contribution in [0, 0.1) is 0 Å². The van der Waals surface area contributed by atoms with E-state index < -0.39 is 0 Å². The second kappa shape index (κ2) is 7.70. The number of thioether (sulfide) groups is 1. The summed E-state index contributed by atoms with van der Waals surface area (Å²) in [6.07, 6.45) is 5.06. The lowest BCUT2D eigenvalue weighted by atomic mass is 10.1. The average Bonchev–Trinajstić information content (AvgIpc) is 3.09. The summed E-state index contributed by atoms with van der Waals surface area (Å²) < 4.78 is 7.28. The lowest BCUT2D eigenvalue weighted by Gasteiger charge is -2.28. The fourth-order valence-electron chi connectivity index (χ4n) is 2.88. The number of nitrogens with zero attached hydrogens (tertiary/aromatic N) is 4. The van der Waals surface area contributed by atoms with Crippen molar-refractivity contribution in [1.29, 1.82) is 0 Å². The highest BCUT2D eigenvalue weighted by Crippen LogP contribution is 2.29. The number of carbonyl (C=O) groups excluding carboxylic acids is 1. The molecule has 0 bridgehead atoms. The maximum atomic E-state index is 12.6. The molecule has 6 nitrogen and oxygen atoms in total. The fourth-order valence-corrected chi connectivity index (χ4v) is 3.80. The molecule has 1 aromatic carbocycles. The van der Waals surface area contributed by atoms with Crippen molar-refractivity contribution in [3.8, 4) is 11.4 Å².